The van der Waals surface area contributed by atoms with Crippen LogP contribution in [0.4, 0.5) is 0 Å². The van der Waals surface area contributed by atoms with Crippen LogP contribution in [0.15, 0.2) is 0 Å². The lowest BCUT2D eigenvalue weighted by molar-refractivity contribution is -0.119. The van der Waals surface area contributed by atoms with Gasteiger partial charge in [0.1, 0.15) is 6.29 Å². The minimum absolute atomic E-state index is 0.0226. The lowest BCUT2D eigenvalue weighted by atomic mass is 9.80. The Morgan fingerprint density at radius 2 is 1.35 bits per heavy atom. The van der Waals surface area contributed by atoms with Crippen molar-refractivity contribution in [3.63, 3.8) is 0 Å². The fraction of sp³-hybridized carbons (Fsp3) is 0.933. The summed E-state index contributed by atoms with van der Waals surface area (Å²) >= 11 is 0. The summed E-state index contributed by atoms with van der Waals surface area (Å²) in [6, 6.07) is 0. The number of rotatable bonds is 12. The molecule has 0 heterocycles. The van der Waals surface area contributed by atoms with Gasteiger partial charge >= 0.3 is 0 Å². The third-order valence-corrected chi connectivity index (χ3v) is 3.62. The predicted octanol–water partition coefficient (Wildman–Crippen LogP) is 4.10. The monoisotopic (exact) mass is 242 g/mol. The highest BCUT2D eigenvalue weighted by atomic mass is 16.3. The van der Waals surface area contributed by atoms with E-state index in [1.807, 2.05) is 0 Å². The average Bonchev–Trinajstić information content (AvgIpc) is 2.37. The average molecular weight is 242 g/mol. The SMILES string of the molecule is CCCCCCC(C=O)(CO)CCCCCC. The number of hydrogen-bond donors (Lipinski definition) is 1. The number of unbranched alkanes of at least 4 members (excludes halogenated alkanes) is 6. The van der Waals surface area contributed by atoms with Crippen molar-refractivity contribution in [3.8, 4) is 0 Å². The normalized spacial score (nSPS) is 11.7. The molecule has 0 saturated carbocycles. The summed E-state index contributed by atoms with van der Waals surface area (Å²) < 4.78 is 0. The van der Waals surface area contributed by atoms with Crippen LogP contribution in [0.5, 0.6) is 0 Å². The quantitative estimate of drug-likeness (QED) is 0.413. The second-order valence-electron chi connectivity index (χ2n) is 5.26. The zero-order chi connectivity index (χ0) is 13.0. The Morgan fingerprint density at radius 1 is 0.882 bits per heavy atom. The van der Waals surface area contributed by atoms with E-state index in [9.17, 15) is 9.90 Å². The maximum Gasteiger partial charge on any atom is 0.128 e. The summed E-state index contributed by atoms with van der Waals surface area (Å²) in [5.41, 5.74) is -0.443. The zero-order valence-electron chi connectivity index (χ0n) is 11.7. The van der Waals surface area contributed by atoms with Crippen molar-refractivity contribution in [2.75, 3.05) is 6.61 Å². The van der Waals surface area contributed by atoms with E-state index in [0.717, 1.165) is 32.0 Å². The molecule has 0 saturated heterocycles. The second-order valence-corrected chi connectivity index (χ2v) is 5.26. The standard InChI is InChI=1S/C15H30O2/c1-3-5-7-9-11-15(13-16,14-17)12-10-8-6-4-2/h13,17H,3-12,14H2,1-2H3. The van der Waals surface area contributed by atoms with E-state index < -0.39 is 5.41 Å². The minimum atomic E-state index is -0.443. The number of aliphatic hydroxyl groups excluding tert-OH is 1. The Balaban J connectivity index is 3.93. The highest BCUT2D eigenvalue weighted by molar-refractivity contribution is 5.59. The molecule has 0 aliphatic heterocycles. The van der Waals surface area contributed by atoms with Gasteiger partial charge in [0.15, 0.2) is 0 Å². The molecular formula is C15H30O2. The van der Waals surface area contributed by atoms with Gasteiger partial charge < -0.3 is 9.90 Å². The van der Waals surface area contributed by atoms with Crippen molar-refractivity contribution in [1.82, 2.24) is 0 Å². The number of aldehydes is 1. The maximum atomic E-state index is 11.2. The molecule has 0 aromatic carbocycles. The van der Waals surface area contributed by atoms with E-state index in [1.165, 1.54) is 38.5 Å². The van der Waals surface area contributed by atoms with Gasteiger partial charge in [-0.1, -0.05) is 65.2 Å². The molecule has 0 radical (unpaired) electrons. The van der Waals surface area contributed by atoms with E-state index in [1.54, 1.807) is 0 Å². The summed E-state index contributed by atoms with van der Waals surface area (Å²) in [4.78, 5) is 11.2. The first-order chi connectivity index (χ1) is 8.24. The molecule has 2 heteroatoms. The number of aliphatic hydroxyl groups is 1. The van der Waals surface area contributed by atoms with Crippen molar-refractivity contribution >= 4 is 6.29 Å². The Kier molecular flexibility index (Phi) is 10.5. The van der Waals surface area contributed by atoms with Gasteiger partial charge in [0.05, 0.1) is 6.61 Å². The molecule has 0 atom stereocenters. The molecule has 0 bridgehead atoms. The van der Waals surface area contributed by atoms with E-state index in [0.29, 0.717) is 0 Å². The van der Waals surface area contributed by atoms with Gasteiger partial charge in [0, 0.05) is 5.41 Å². The summed E-state index contributed by atoms with van der Waals surface area (Å²) in [5, 5.41) is 9.46. The molecule has 0 aromatic heterocycles. The largest absolute Gasteiger partial charge is 0.395 e. The van der Waals surface area contributed by atoms with Gasteiger partial charge in [0.25, 0.3) is 0 Å². The minimum Gasteiger partial charge on any atom is -0.395 e. The molecule has 1 N–H and O–H groups in total. The Hall–Kier alpha value is -0.370. The molecule has 0 amide bonds. The first-order valence-electron chi connectivity index (χ1n) is 7.32. The van der Waals surface area contributed by atoms with Crippen LogP contribution in [0, 0.1) is 5.41 Å². The van der Waals surface area contributed by atoms with Gasteiger partial charge in [-0.2, -0.15) is 0 Å². The summed E-state index contributed by atoms with van der Waals surface area (Å²) in [6.07, 6.45) is 12.1. The lowest BCUT2D eigenvalue weighted by Gasteiger charge is -2.25. The van der Waals surface area contributed by atoms with Crippen molar-refractivity contribution in [1.29, 1.82) is 0 Å². The molecule has 0 spiro atoms. The van der Waals surface area contributed by atoms with Gasteiger partial charge in [-0.05, 0) is 12.8 Å². The molecule has 2 nitrogen and oxygen atoms in total. The lowest BCUT2D eigenvalue weighted by Crippen LogP contribution is -2.27. The third-order valence-electron chi connectivity index (χ3n) is 3.62. The number of hydrogen-bond acceptors (Lipinski definition) is 2. The Labute approximate surface area is 107 Å². The number of carbonyl (C=O) groups is 1. The molecule has 0 fully saturated rings. The smallest absolute Gasteiger partial charge is 0.128 e. The van der Waals surface area contributed by atoms with Crippen LogP contribution in [0.25, 0.3) is 0 Å². The molecule has 0 aliphatic carbocycles. The van der Waals surface area contributed by atoms with Crippen molar-refractivity contribution in [3.05, 3.63) is 0 Å². The van der Waals surface area contributed by atoms with Crippen LogP contribution in [0.3, 0.4) is 0 Å². The zero-order valence-corrected chi connectivity index (χ0v) is 11.7. The summed E-state index contributed by atoms with van der Waals surface area (Å²) in [6.45, 7) is 4.39. The first kappa shape index (κ1) is 16.6. The third kappa shape index (κ3) is 7.54. The van der Waals surface area contributed by atoms with Gasteiger partial charge in [-0.25, -0.2) is 0 Å². The molecule has 102 valence electrons. The van der Waals surface area contributed by atoms with E-state index in [-0.39, 0.29) is 6.61 Å². The van der Waals surface area contributed by atoms with Crippen LogP contribution in [0.1, 0.15) is 78.1 Å². The van der Waals surface area contributed by atoms with Gasteiger partial charge in [-0.15, -0.1) is 0 Å². The maximum absolute atomic E-state index is 11.2. The van der Waals surface area contributed by atoms with E-state index in [4.69, 9.17) is 0 Å². The van der Waals surface area contributed by atoms with Gasteiger partial charge in [0.2, 0.25) is 0 Å². The molecule has 0 rings (SSSR count). The van der Waals surface area contributed by atoms with Crippen molar-refractivity contribution < 1.29 is 9.90 Å². The summed E-state index contributed by atoms with van der Waals surface area (Å²) in [5.74, 6) is 0. The van der Waals surface area contributed by atoms with Crippen LogP contribution in [0.2, 0.25) is 0 Å². The molecule has 0 unspecified atom stereocenters. The van der Waals surface area contributed by atoms with Crippen molar-refractivity contribution in [2.24, 2.45) is 5.41 Å². The van der Waals surface area contributed by atoms with Crippen LogP contribution in [-0.2, 0) is 4.79 Å². The number of carbonyl (C=O) groups excluding carboxylic acids is 1. The topological polar surface area (TPSA) is 37.3 Å². The second kappa shape index (κ2) is 10.8. The fourth-order valence-corrected chi connectivity index (χ4v) is 2.25. The van der Waals surface area contributed by atoms with Crippen LogP contribution >= 0.6 is 0 Å². The first-order valence-corrected chi connectivity index (χ1v) is 7.32. The predicted molar refractivity (Wildman–Crippen MR) is 73.1 cm³/mol. The highest BCUT2D eigenvalue weighted by Gasteiger charge is 2.27. The molecular weight excluding hydrogens is 212 g/mol. The van der Waals surface area contributed by atoms with Crippen molar-refractivity contribution in [2.45, 2.75) is 78.1 Å². The van der Waals surface area contributed by atoms with Crippen LogP contribution in [-0.4, -0.2) is 18.0 Å². The van der Waals surface area contributed by atoms with E-state index >= 15 is 0 Å². The summed E-state index contributed by atoms with van der Waals surface area (Å²) in [7, 11) is 0. The highest BCUT2D eigenvalue weighted by Crippen LogP contribution is 2.29. The molecule has 0 aromatic rings. The Morgan fingerprint density at radius 3 is 1.65 bits per heavy atom. The fourth-order valence-electron chi connectivity index (χ4n) is 2.25. The molecule has 17 heavy (non-hydrogen) atoms. The van der Waals surface area contributed by atoms with E-state index in [2.05, 4.69) is 13.8 Å². The molecule has 0 aliphatic rings. The Bertz CT molecular complexity index is 166. The van der Waals surface area contributed by atoms with Gasteiger partial charge in [-0.3, -0.25) is 0 Å². The van der Waals surface area contributed by atoms with Crippen LogP contribution < -0.4 is 0 Å².